The highest BCUT2D eigenvalue weighted by molar-refractivity contribution is 7.91. The number of likely N-dealkylation sites (tertiary alicyclic amines) is 1. The molecule has 1 saturated heterocycles. The second-order valence-electron chi connectivity index (χ2n) is 7.57. The summed E-state index contributed by atoms with van der Waals surface area (Å²) in [6, 6.07) is 13.0. The molecule has 3 rings (SSSR count). The molecule has 2 N–H and O–H groups in total. The smallest absolute Gasteiger partial charge is 0.191 e. The second kappa shape index (κ2) is 10.9. The monoisotopic (exact) mass is 448 g/mol. The van der Waals surface area contributed by atoms with E-state index in [1.165, 1.54) is 17.7 Å². The lowest BCUT2D eigenvalue weighted by atomic mass is 10.2. The number of aliphatic imine (C=N–C) groups is 1. The van der Waals surface area contributed by atoms with Crippen LogP contribution in [0.25, 0.3) is 0 Å². The number of hydrogen-bond acceptors (Lipinski definition) is 5. The summed E-state index contributed by atoms with van der Waals surface area (Å²) in [4.78, 5) is 8.57. The summed E-state index contributed by atoms with van der Waals surface area (Å²) in [5.41, 5.74) is 0. The van der Waals surface area contributed by atoms with Gasteiger partial charge in [-0.1, -0.05) is 31.2 Å². The van der Waals surface area contributed by atoms with Crippen molar-refractivity contribution in [2.24, 2.45) is 4.99 Å². The van der Waals surface area contributed by atoms with E-state index in [1.54, 1.807) is 42.6 Å². The lowest BCUT2D eigenvalue weighted by molar-refractivity contribution is 0.249. The Morgan fingerprint density at radius 3 is 2.50 bits per heavy atom. The predicted octanol–water partition coefficient (Wildman–Crippen LogP) is 3.30. The molecule has 2 heterocycles. The first kappa shape index (κ1) is 22.8. The number of sulfone groups is 1. The van der Waals surface area contributed by atoms with E-state index in [9.17, 15) is 8.42 Å². The number of nitrogens with one attached hydrogen (secondary N) is 2. The number of thiophene rings is 1. The number of nitrogens with zero attached hydrogens (tertiary/aromatic N) is 2. The molecular formula is C22H32N4O2S2. The molecule has 2 atom stereocenters. The minimum atomic E-state index is -3.36. The van der Waals surface area contributed by atoms with E-state index < -0.39 is 9.84 Å². The molecule has 0 radical (unpaired) electrons. The highest BCUT2D eigenvalue weighted by atomic mass is 32.2. The van der Waals surface area contributed by atoms with Crippen molar-refractivity contribution in [3.63, 3.8) is 0 Å². The Morgan fingerprint density at radius 2 is 1.90 bits per heavy atom. The van der Waals surface area contributed by atoms with E-state index in [2.05, 4.69) is 38.0 Å². The normalized spacial score (nSPS) is 17.6. The Bertz CT molecular complexity index is 892. The molecule has 2 aromatic rings. The van der Waals surface area contributed by atoms with Crippen LogP contribution in [0.1, 0.15) is 37.1 Å². The van der Waals surface area contributed by atoms with Gasteiger partial charge in [0.15, 0.2) is 15.8 Å². The van der Waals surface area contributed by atoms with Crippen LogP contribution in [0.4, 0.5) is 0 Å². The predicted molar refractivity (Wildman–Crippen MR) is 125 cm³/mol. The van der Waals surface area contributed by atoms with Crippen LogP contribution in [0.5, 0.6) is 0 Å². The SMILES string of the molecule is CCC(CS(=O)(=O)c1ccccc1)NC(=NC)NCC(c1cccs1)N1CCCC1. The minimum absolute atomic E-state index is 0.0364. The first-order valence-corrected chi connectivity index (χ1v) is 13.1. The van der Waals surface area contributed by atoms with Gasteiger partial charge in [-0.3, -0.25) is 9.89 Å². The molecule has 0 spiro atoms. The van der Waals surface area contributed by atoms with Gasteiger partial charge in [0.25, 0.3) is 0 Å². The Labute approximate surface area is 184 Å². The van der Waals surface area contributed by atoms with Crippen molar-refractivity contribution in [2.45, 2.75) is 43.2 Å². The first-order valence-electron chi connectivity index (χ1n) is 10.6. The first-order chi connectivity index (χ1) is 14.5. The van der Waals surface area contributed by atoms with E-state index in [4.69, 9.17) is 0 Å². The zero-order valence-electron chi connectivity index (χ0n) is 17.8. The average Bonchev–Trinajstić information content (AvgIpc) is 3.48. The summed E-state index contributed by atoms with van der Waals surface area (Å²) in [5.74, 6) is 0.681. The number of benzene rings is 1. The van der Waals surface area contributed by atoms with E-state index in [0.29, 0.717) is 23.3 Å². The molecule has 1 aliphatic heterocycles. The average molecular weight is 449 g/mol. The zero-order chi connectivity index (χ0) is 21.4. The van der Waals surface area contributed by atoms with Crippen LogP contribution in [0.3, 0.4) is 0 Å². The topological polar surface area (TPSA) is 73.8 Å². The molecule has 1 fully saturated rings. The number of guanidine groups is 1. The third kappa shape index (κ3) is 6.06. The maximum atomic E-state index is 12.8. The van der Waals surface area contributed by atoms with Crippen molar-refractivity contribution in [3.8, 4) is 0 Å². The summed E-state index contributed by atoms with van der Waals surface area (Å²) in [5, 5.41) is 8.87. The second-order valence-corrected chi connectivity index (χ2v) is 10.6. The van der Waals surface area contributed by atoms with Crippen LogP contribution < -0.4 is 10.6 Å². The van der Waals surface area contributed by atoms with Gasteiger partial charge in [-0.2, -0.15) is 0 Å². The van der Waals surface area contributed by atoms with Gasteiger partial charge in [-0.25, -0.2) is 8.42 Å². The van der Waals surface area contributed by atoms with Gasteiger partial charge in [0.1, 0.15) is 0 Å². The summed E-state index contributed by atoms with van der Waals surface area (Å²) in [7, 11) is -1.63. The molecule has 0 bridgehead atoms. The van der Waals surface area contributed by atoms with Gasteiger partial charge >= 0.3 is 0 Å². The van der Waals surface area contributed by atoms with Crippen LogP contribution in [-0.4, -0.2) is 57.8 Å². The Balaban J connectivity index is 1.62. The quantitative estimate of drug-likeness (QED) is 0.455. The lowest BCUT2D eigenvalue weighted by Crippen LogP contribution is -2.48. The molecule has 30 heavy (non-hydrogen) atoms. The molecule has 164 valence electrons. The maximum Gasteiger partial charge on any atom is 0.191 e. The zero-order valence-corrected chi connectivity index (χ0v) is 19.4. The highest BCUT2D eigenvalue weighted by Gasteiger charge is 2.25. The van der Waals surface area contributed by atoms with Crippen molar-refractivity contribution in [2.75, 3.05) is 32.4 Å². The third-order valence-corrected chi connectivity index (χ3v) is 8.30. The van der Waals surface area contributed by atoms with Crippen molar-refractivity contribution in [1.82, 2.24) is 15.5 Å². The molecule has 8 heteroatoms. The Morgan fingerprint density at radius 1 is 1.17 bits per heavy atom. The number of rotatable bonds is 9. The van der Waals surface area contributed by atoms with Gasteiger partial charge in [0.05, 0.1) is 16.7 Å². The summed E-state index contributed by atoms with van der Waals surface area (Å²) in [6.07, 6.45) is 3.17. The molecule has 1 aromatic heterocycles. The van der Waals surface area contributed by atoms with E-state index >= 15 is 0 Å². The van der Waals surface area contributed by atoms with Crippen LogP contribution in [0, 0.1) is 0 Å². The third-order valence-electron chi connectivity index (χ3n) is 5.50. The van der Waals surface area contributed by atoms with E-state index in [0.717, 1.165) is 19.6 Å². The van der Waals surface area contributed by atoms with Crippen LogP contribution in [0.15, 0.2) is 57.7 Å². The van der Waals surface area contributed by atoms with Crippen LogP contribution in [-0.2, 0) is 9.84 Å². The largest absolute Gasteiger partial charge is 0.354 e. The summed E-state index contributed by atoms with van der Waals surface area (Å²) >= 11 is 1.78. The highest BCUT2D eigenvalue weighted by Crippen LogP contribution is 2.27. The molecule has 2 unspecified atom stereocenters. The molecule has 0 amide bonds. The van der Waals surface area contributed by atoms with Crippen LogP contribution in [0.2, 0.25) is 0 Å². The van der Waals surface area contributed by atoms with Crippen molar-refractivity contribution < 1.29 is 8.42 Å². The van der Waals surface area contributed by atoms with Gasteiger partial charge in [0, 0.05) is 24.5 Å². The van der Waals surface area contributed by atoms with Gasteiger partial charge in [-0.15, -0.1) is 11.3 Å². The van der Waals surface area contributed by atoms with Gasteiger partial charge in [-0.05, 0) is 55.9 Å². The fourth-order valence-corrected chi connectivity index (χ4v) is 6.25. The van der Waals surface area contributed by atoms with Crippen LogP contribution >= 0.6 is 11.3 Å². The minimum Gasteiger partial charge on any atom is -0.354 e. The molecule has 0 saturated carbocycles. The Kier molecular flexibility index (Phi) is 8.30. The summed E-state index contributed by atoms with van der Waals surface area (Å²) in [6.45, 7) is 4.96. The molecule has 1 aliphatic rings. The van der Waals surface area contributed by atoms with Crippen molar-refractivity contribution >= 4 is 27.1 Å². The molecule has 0 aliphatic carbocycles. The number of hydrogen-bond donors (Lipinski definition) is 2. The van der Waals surface area contributed by atoms with Gasteiger partial charge < -0.3 is 10.6 Å². The summed E-state index contributed by atoms with van der Waals surface area (Å²) < 4.78 is 25.5. The maximum absolute atomic E-state index is 12.8. The van der Waals surface area contributed by atoms with E-state index in [-0.39, 0.29) is 11.8 Å². The fourth-order valence-electron chi connectivity index (χ4n) is 3.78. The molecule has 1 aromatic carbocycles. The van der Waals surface area contributed by atoms with E-state index in [1.807, 2.05) is 13.0 Å². The lowest BCUT2D eigenvalue weighted by Gasteiger charge is -2.28. The van der Waals surface area contributed by atoms with Gasteiger partial charge in [0.2, 0.25) is 0 Å². The molecule has 6 nitrogen and oxygen atoms in total. The van der Waals surface area contributed by atoms with Crippen molar-refractivity contribution in [3.05, 3.63) is 52.7 Å². The Hall–Kier alpha value is -1.90. The standard InChI is InChI=1S/C22H32N4O2S2/c1-3-18(17-30(27,28)19-10-5-4-6-11-19)25-22(23-2)24-16-20(21-12-9-15-29-21)26-13-7-8-14-26/h4-6,9-12,15,18,20H,3,7-8,13-14,16-17H2,1-2H3,(H2,23,24,25). The fraction of sp³-hybridized carbons (Fsp3) is 0.500. The molecular weight excluding hydrogens is 416 g/mol. The van der Waals surface area contributed by atoms with Crippen molar-refractivity contribution in [1.29, 1.82) is 0 Å².